The lowest BCUT2D eigenvalue weighted by molar-refractivity contribution is 0.00580. The molecule has 4 nitrogen and oxygen atoms in total. The molecule has 78 valence electrons. The fraction of sp³-hybridized carbons (Fsp3) is 0.700. The molecule has 1 aromatic heterocycles. The summed E-state index contributed by atoms with van der Waals surface area (Å²) in [5.74, 6) is 0. The van der Waals surface area contributed by atoms with Gasteiger partial charge in [-0.3, -0.25) is 4.68 Å². The number of nitrogens with one attached hydrogen (secondary N) is 1. The Bertz CT molecular complexity index is 291. The van der Waals surface area contributed by atoms with Crippen LogP contribution in [0.15, 0.2) is 12.3 Å². The highest BCUT2D eigenvalue weighted by Crippen LogP contribution is 2.07. The van der Waals surface area contributed by atoms with Gasteiger partial charge in [0.05, 0.1) is 18.4 Å². The van der Waals surface area contributed by atoms with Gasteiger partial charge < -0.3 is 10.1 Å². The minimum Gasteiger partial charge on any atom is -0.369 e. The van der Waals surface area contributed by atoms with E-state index in [1.807, 2.05) is 16.9 Å². The van der Waals surface area contributed by atoms with E-state index in [0.29, 0.717) is 18.8 Å². The predicted molar refractivity (Wildman–Crippen MR) is 54.1 cm³/mol. The Morgan fingerprint density at radius 2 is 2.43 bits per heavy atom. The molecule has 0 aromatic carbocycles. The van der Waals surface area contributed by atoms with Gasteiger partial charge in [0.2, 0.25) is 0 Å². The molecule has 0 radical (unpaired) electrons. The standard InChI is InChI=1S/C10H17N3O/c1-8(2)13-4-3-9(12-13)7-14-10-5-11-6-10/h3-4,8,10-11H,5-7H2,1-2H3. The van der Waals surface area contributed by atoms with Crippen molar-refractivity contribution in [2.45, 2.75) is 32.6 Å². The molecule has 0 aliphatic carbocycles. The Labute approximate surface area is 84.3 Å². The first-order valence-corrected chi connectivity index (χ1v) is 5.12. The summed E-state index contributed by atoms with van der Waals surface area (Å²) in [5.41, 5.74) is 1.02. The molecule has 1 fully saturated rings. The Morgan fingerprint density at radius 3 is 2.93 bits per heavy atom. The van der Waals surface area contributed by atoms with Crippen LogP contribution in [0.5, 0.6) is 0 Å². The molecule has 0 atom stereocenters. The zero-order valence-corrected chi connectivity index (χ0v) is 8.73. The van der Waals surface area contributed by atoms with Gasteiger partial charge in [0.1, 0.15) is 0 Å². The van der Waals surface area contributed by atoms with Crippen molar-refractivity contribution in [3.8, 4) is 0 Å². The van der Waals surface area contributed by atoms with Crippen molar-refractivity contribution in [3.05, 3.63) is 18.0 Å². The lowest BCUT2D eigenvalue weighted by atomic mass is 10.2. The monoisotopic (exact) mass is 195 g/mol. The van der Waals surface area contributed by atoms with E-state index < -0.39 is 0 Å². The van der Waals surface area contributed by atoms with E-state index in [-0.39, 0.29) is 0 Å². The van der Waals surface area contributed by atoms with Crippen molar-refractivity contribution in [3.63, 3.8) is 0 Å². The maximum Gasteiger partial charge on any atom is 0.0911 e. The molecule has 1 saturated heterocycles. The molecule has 0 bridgehead atoms. The zero-order valence-electron chi connectivity index (χ0n) is 8.73. The number of rotatable bonds is 4. The summed E-state index contributed by atoms with van der Waals surface area (Å²) < 4.78 is 7.57. The van der Waals surface area contributed by atoms with Gasteiger partial charge >= 0.3 is 0 Å². The quantitative estimate of drug-likeness (QED) is 0.777. The smallest absolute Gasteiger partial charge is 0.0911 e. The van der Waals surface area contributed by atoms with Gasteiger partial charge in [-0.1, -0.05) is 0 Å². The number of hydrogen-bond acceptors (Lipinski definition) is 3. The average Bonchev–Trinajstić information content (AvgIpc) is 2.50. The van der Waals surface area contributed by atoms with E-state index in [9.17, 15) is 0 Å². The van der Waals surface area contributed by atoms with E-state index in [1.54, 1.807) is 0 Å². The SMILES string of the molecule is CC(C)n1ccc(COC2CNC2)n1. The molecular formula is C10H17N3O. The van der Waals surface area contributed by atoms with Crippen LogP contribution in [0.1, 0.15) is 25.6 Å². The minimum absolute atomic E-state index is 0.388. The van der Waals surface area contributed by atoms with Gasteiger partial charge in [-0.2, -0.15) is 5.10 Å². The molecule has 14 heavy (non-hydrogen) atoms. The first-order valence-electron chi connectivity index (χ1n) is 5.12. The second kappa shape index (κ2) is 4.11. The van der Waals surface area contributed by atoms with E-state index in [0.717, 1.165) is 18.8 Å². The maximum absolute atomic E-state index is 5.62. The van der Waals surface area contributed by atoms with Gasteiger partial charge in [-0.15, -0.1) is 0 Å². The van der Waals surface area contributed by atoms with Crippen molar-refractivity contribution in [2.24, 2.45) is 0 Å². The molecule has 2 heterocycles. The lowest BCUT2D eigenvalue weighted by Crippen LogP contribution is -2.48. The van der Waals surface area contributed by atoms with E-state index >= 15 is 0 Å². The summed E-state index contributed by atoms with van der Waals surface area (Å²) in [7, 11) is 0. The number of nitrogens with zero attached hydrogens (tertiary/aromatic N) is 2. The van der Waals surface area contributed by atoms with Crippen LogP contribution in [0.2, 0.25) is 0 Å². The van der Waals surface area contributed by atoms with Crippen molar-refractivity contribution in [2.75, 3.05) is 13.1 Å². The van der Waals surface area contributed by atoms with Crippen LogP contribution in [-0.2, 0) is 11.3 Å². The maximum atomic E-state index is 5.62. The second-order valence-corrected chi connectivity index (χ2v) is 3.97. The van der Waals surface area contributed by atoms with Gasteiger partial charge in [0.15, 0.2) is 0 Å². The molecule has 0 spiro atoms. The zero-order chi connectivity index (χ0) is 9.97. The van der Waals surface area contributed by atoms with Crippen molar-refractivity contribution in [1.29, 1.82) is 0 Å². The third-order valence-corrected chi connectivity index (χ3v) is 2.40. The lowest BCUT2D eigenvalue weighted by Gasteiger charge is -2.26. The predicted octanol–water partition coefficient (Wildman–Crippen LogP) is 0.952. The highest BCUT2D eigenvalue weighted by atomic mass is 16.5. The summed E-state index contributed by atoms with van der Waals surface area (Å²) in [6.07, 6.45) is 2.39. The first-order chi connectivity index (χ1) is 6.75. The van der Waals surface area contributed by atoms with Crippen molar-refractivity contribution in [1.82, 2.24) is 15.1 Å². The Balaban J connectivity index is 1.83. The van der Waals surface area contributed by atoms with Gasteiger partial charge in [-0.25, -0.2) is 0 Å². The third-order valence-electron chi connectivity index (χ3n) is 2.40. The van der Waals surface area contributed by atoms with Gasteiger partial charge in [-0.05, 0) is 19.9 Å². The summed E-state index contributed by atoms with van der Waals surface area (Å²) in [5, 5.41) is 7.58. The summed E-state index contributed by atoms with van der Waals surface area (Å²) >= 11 is 0. The Morgan fingerprint density at radius 1 is 1.64 bits per heavy atom. The number of ether oxygens (including phenoxy) is 1. The van der Waals surface area contributed by atoms with Crippen LogP contribution < -0.4 is 5.32 Å². The van der Waals surface area contributed by atoms with Crippen molar-refractivity contribution < 1.29 is 4.74 Å². The molecular weight excluding hydrogens is 178 g/mol. The average molecular weight is 195 g/mol. The van der Waals surface area contributed by atoms with Crippen LogP contribution in [0.25, 0.3) is 0 Å². The Kier molecular flexibility index (Phi) is 2.84. The third kappa shape index (κ3) is 2.13. The molecule has 4 heteroatoms. The summed E-state index contributed by atoms with van der Waals surface area (Å²) in [4.78, 5) is 0. The van der Waals surface area contributed by atoms with Crippen molar-refractivity contribution >= 4 is 0 Å². The van der Waals surface area contributed by atoms with Gasteiger partial charge in [0, 0.05) is 25.3 Å². The largest absolute Gasteiger partial charge is 0.369 e. The molecule has 0 saturated carbocycles. The van der Waals surface area contributed by atoms with Gasteiger partial charge in [0.25, 0.3) is 0 Å². The summed E-state index contributed by atoms with van der Waals surface area (Å²) in [6, 6.07) is 2.45. The van der Waals surface area contributed by atoms with Crippen LogP contribution in [0.4, 0.5) is 0 Å². The highest BCUT2D eigenvalue weighted by molar-refractivity contribution is 4.98. The topological polar surface area (TPSA) is 39.1 Å². The molecule has 1 aliphatic rings. The van der Waals surface area contributed by atoms with Crippen LogP contribution >= 0.6 is 0 Å². The van der Waals surface area contributed by atoms with E-state index in [1.165, 1.54) is 0 Å². The Hall–Kier alpha value is -0.870. The van der Waals surface area contributed by atoms with Crippen LogP contribution in [-0.4, -0.2) is 29.0 Å². The minimum atomic E-state index is 0.388. The normalized spacial score (nSPS) is 17.4. The highest BCUT2D eigenvalue weighted by Gasteiger charge is 2.17. The molecule has 1 N–H and O–H groups in total. The first kappa shape index (κ1) is 9.68. The molecule has 1 aromatic rings. The fourth-order valence-corrected chi connectivity index (χ4v) is 1.33. The second-order valence-electron chi connectivity index (χ2n) is 3.97. The molecule has 1 aliphatic heterocycles. The number of aromatic nitrogens is 2. The fourth-order valence-electron chi connectivity index (χ4n) is 1.33. The van der Waals surface area contributed by atoms with Crippen LogP contribution in [0, 0.1) is 0 Å². The molecule has 2 rings (SSSR count). The molecule has 0 amide bonds. The van der Waals surface area contributed by atoms with E-state index in [2.05, 4.69) is 24.3 Å². The summed E-state index contributed by atoms with van der Waals surface area (Å²) in [6.45, 7) is 6.82. The van der Waals surface area contributed by atoms with E-state index in [4.69, 9.17) is 4.74 Å². The van der Waals surface area contributed by atoms with Crippen LogP contribution in [0.3, 0.4) is 0 Å². The molecule has 0 unspecified atom stereocenters. The number of hydrogen-bond donors (Lipinski definition) is 1.